The molecule has 0 aromatic heterocycles. The Morgan fingerprint density at radius 1 is 0.450 bits per heavy atom. The number of rotatable bonds is 3. The van der Waals surface area contributed by atoms with Crippen molar-refractivity contribution in [3.05, 3.63) is 173 Å². The largest absolute Gasteiger partial charge is 0.0985 e. The van der Waals surface area contributed by atoms with Crippen molar-refractivity contribution in [1.82, 2.24) is 0 Å². The number of benzene rings is 6. The fourth-order valence-electron chi connectivity index (χ4n) is 6.95. The van der Waals surface area contributed by atoms with Crippen molar-refractivity contribution < 1.29 is 0 Å². The Hall–Kier alpha value is -4.65. The Kier molecular flexibility index (Phi) is 5.05. The molecule has 8 rings (SSSR count). The smallest absolute Gasteiger partial charge is 0.0725 e. The molecule has 2 aliphatic carbocycles. The van der Waals surface area contributed by atoms with Crippen LogP contribution >= 0.6 is 11.6 Å². The summed E-state index contributed by atoms with van der Waals surface area (Å²) in [5.41, 5.74) is 16.1. The summed E-state index contributed by atoms with van der Waals surface area (Å²) in [6.45, 7) is 3.92. The van der Waals surface area contributed by atoms with Gasteiger partial charge in [-0.2, -0.15) is 0 Å². The average molecular weight is 529 g/mol. The van der Waals surface area contributed by atoms with Gasteiger partial charge in [-0.05, 0) is 96.6 Å². The molecule has 0 fully saturated rings. The first-order valence-corrected chi connectivity index (χ1v) is 14.0. The molecule has 0 bridgehead atoms. The van der Waals surface area contributed by atoms with Gasteiger partial charge in [0.1, 0.15) is 0 Å². The molecule has 1 unspecified atom stereocenters. The molecule has 1 atom stereocenters. The number of halogens is 1. The molecular formula is C39H25Cl. The van der Waals surface area contributed by atoms with Crippen LogP contribution in [-0.4, -0.2) is 0 Å². The summed E-state index contributed by atoms with van der Waals surface area (Å²) in [5.74, 6) is 0. The maximum atomic E-state index is 6.24. The van der Waals surface area contributed by atoms with Gasteiger partial charge < -0.3 is 0 Å². The average Bonchev–Trinajstić information content (AvgIpc) is 3.48. The molecule has 6 aromatic carbocycles. The van der Waals surface area contributed by atoms with E-state index in [2.05, 4.69) is 128 Å². The molecule has 1 heteroatoms. The Morgan fingerprint density at radius 3 is 1.38 bits per heavy atom. The van der Waals surface area contributed by atoms with Gasteiger partial charge in [-0.1, -0.05) is 133 Å². The first-order valence-electron chi connectivity index (χ1n) is 13.7. The summed E-state index contributed by atoms with van der Waals surface area (Å²) in [7, 11) is 0. The van der Waals surface area contributed by atoms with Gasteiger partial charge in [-0.15, -0.1) is 0 Å². The van der Waals surface area contributed by atoms with Gasteiger partial charge in [-0.25, -0.2) is 0 Å². The zero-order valence-corrected chi connectivity index (χ0v) is 22.6. The molecule has 0 N–H and O–H groups in total. The predicted molar refractivity (Wildman–Crippen MR) is 169 cm³/mol. The van der Waals surface area contributed by atoms with Crippen LogP contribution in [0.25, 0.3) is 50.6 Å². The van der Waals surface area contributed by atoms with E-state index in [1.54, 1.807) is 0 Å². The predicted octanol–water partition coefficient (Wildman–Crippen LogP) is 10.7. The maximum Gasteiger partial charge on any atom is 0.0725 e. The minimum absolute atomic E-state index is 0.392. The van der Waals surface area contributed by atoms with Crippen molar-refractivity contribution in [2.24, 2.45) is 0 Å². The van der Waals surface area contributed by atoms with E-state index in [4.69, 9.17) is 11.6 Å². The van der Waals surface area contributed by atoms with Crippen LogP contribution in [0, 0.1) is 0 Å². The van der Waals surface area contributed by atoms with E-state index in [1.807, 2.05) is 18.2 Å². The molecule has 0 radical (unpaired) electrons. The van der Waals surface area contributed by atoms with Gasteiger partial charge in [0.2, 0.25) is 0 Å². The monoisotopic (exact) mass is 528 g/mol. The van der Waals surface area contributed by atoms with E-state index in [0.717, 1.165) is 10.6 Å². The van der Waals surface area contributed by atoms with E-state index in [1.165, 1.54) is 66.8 Å². The van der Waals surface area contributed by atoms with Gasteiger partial charge in [0.05, 0.1) is 5.41 Å². The molecular weight excluding hydrogens is 504 g/mol. The van der Waals surface area contributed by atoms with Crippen molar-refractivity contribution in [3.63, 3.8) is 0 Å². The first-order chi connectivity index (χ1) is 19.7. The third-order valence-corrected chi connectivity index (χ3v) is 9.00. The lowest BCUT2D eigenvalue weighted by atomic mass is 9.70. The molecule has 0 saturated heterocycles. The van der Waals surface area contributed by atoms with Gasteiger partial charge in [-0.3, -0.25) is 0 Å². The van der Waals surface area contributed by atoms with E-state index < -0.39 is 5.41 Å². The summed E-state index contributed by atoms with van der Waals surface area (Å²) in [6, 6.07) is 48.7. The lowest BCUT2D eigenvalue weighted by molar-refractivity contribution is 0.794. The van der Waals surface area contributed by atoms with Crippen LogP contribution in [0.3, 0.4) is 0 Å². The third-order valence-electron chi connectivity index (χ3n) is 8.75. The van der Waals surface area contributed by atoms with Crippen LogP contribution in [0.2, 0.25) is 5.02 Å². The Bertz CT molecular complexity index is 1950. The highest BCUT2D eigenvalue weighted by Crippen LogP contribution is 2.63. The van der Waals surface area contributed by atoms with Gasteiger partial charge in [0.25, 0.3) is 0 Å². The normalized spacial score (nSPS) is 15.8. The van der Waals surface area contributed by atoms with Crippen LogP contribution in [0.1, 0.15) is 27.8 Å². The van der Waals surface area contributed by atoms with Crippen molar-refractivity contribution >= 4 is 17.7 Å². The van der Waals surface area contributed by atoms with E-state index in [-0.39, 0.29) is 0 Å². The minimum Gasteiger partial charge on any atom is -0.0985 e. The van der Waals surface area contributed by atoms with Crippen molar-refractivity contribution in [1.29, 1.82) is 0 Å². The standard InChI is InChI=1S/C39H25Cl/c1-2-25-11-13-26(14-12-25)28-17-21-33-31-7-3-5-9-35(31)39(37(33)23-28)36-10-6-4-8-32(36)34-22-18-29(24-38(34)39)27-15-19-30(40)20-16-27/h2-24H,1H2. The van der Waals surface area contributed by atoms with Crippen molar-refractivity contribution in [2.75, 3.05) is 0 Å². The molecule has 1 spiro atoms. The first kappa shape index (κ1) is 23.3. The van der Waals surface area contributed by atoms with E-state index in [9.17, 15) is 0 Å². The molecule has 0 saturated carbocycles. The molecule has 0 heterocycles. The SMILES string of the molecule is C=Cc1ccc(-c2ccc3c(c2)C2(c4ccccc4-c4ccc(-c5ccc(Cl)cc5)cc42)c2ccccc2-3)cc1. The number of hydrogen-bond donors (Lipinski definition) is 0. The van der Waals surface area contributed by atoms with Crippen LogP contribution < -0.4 is 0 Å². The van der Waals surface area contributed by atoms with Crippen LogP contribution in [-0.2, 0) is 5.41 Å². The molecule has 2 aliphatic rings. The molecule has 40 heavy (non-hydrogen) atoms. The second kappa shape index (κ2) is 8.68. The highest BCUT2D eigenvalue weighted by molar-refractivity contribution is 6.30. The van der Waals surface area contributed by atoms with Gasteiger partial charge in [0.15, 0.2) is 0 Å². The van der Waals surface area contributed by atoms with Gasteiger partial charge >= 0.3 is 0 Å². The Morgan fingerprint density at radius 2 is 0.875 bits per heavy atom. The maximum absolute atomic E-state index is 6.24. The van der Waals surface area contributed by atoms with E-state index >= 15 is 0 Å². The third kappa shape index (κ3) is 3.14. The molecule has 0 amide bonds. The van der Waals surface area contributed by atoms with Gasteiger partial charge in [0, 0.05) is 5.02 Å². The van der Waals surface area contributed by atoms with Crippen LogP contribution in [0.5, 0.6) is 0 Å². The highest BCUT2D eigenvalue weighted by atomic mass is 35.5. The zero-order valence-electron chi connectivity index (χ0n) is 21.9. The quantitative estimate of drug-likeness (QED) is 0.214. The molecule has 0 aliphatic heterocycles. The fourth-order valence-corrected chi connectivity index (χ4v) is 7.08. The van der Waals surface area contributed by atoms with Crippen LogP contribution in [0.15, 0.2) is 140 Å². The van der Waals surface area contributed by atoms with Crippen molar-refractivity contribution in [3.8, 4) is 44.5 Å². The lowest BCUT2D eigenvalue weighted by Gasteiger charge is -2.31. The summed E-state index contributed by atoms with van der Waals surface area (Å²) in [5, 5.41) is 0.751. The molecule has 6 aromatic rings. The molecule has 0 nitrogen and oxygen atoms in total. The van der Waals surface area contributed by atoms with Crippen molar-refractivity contribution in [2.45, 2.75) is 5.41 Å². The Balaban J connectivity index is 1.45. The lowest BCUT2D eigenvalue weighted by Crippen LogP contribution is -2.26. The zero-order chi connectivity index (χ0) is 26.8. The summed E-state index contributed by atoms with van der Waals surface area (Å²) in [6.07, 6.45) is 1.89. The highest BCUT2D eigenvalue weighted by Gasteiger charge is 2.51. The number of fused-ring (bicyclic) bond motifs is 10. The minimum atomic E-state index is -0.392. The van der Waals surface area contributed by atoms with E-state index in [0.29, 0.717) is 0 Å². The topological polar surface area (TPSA) is 0 Å². The summed E-state index contributed by atoms with van der Waals surface area (Å²) >= 11 is 6.24. The second-order valence-corrected chi connectivity index (χ2v) is 11.1. The van der Waals surface area contributed by atoms with Crippen LogP contribution in [0.4, 0.5) is 0 Å². The second-order valence-electron chi connectivity index (χ2n) is 10.7. The molecule has 188 valence electrons. The Labute approximate surface area is 239 Å². The summed E-state index contributed by atoms with van der Waals surface area (Å²) < 4.78 is 0. The summed E-state index contributed by atoms with van der Waals surface area (Å²) in [4.78, 5) is 0. The number of hydrogen-bond acceptors (Lipinski definition) is 0. The fraction of sp³-hybridized carbons (Fsp3) is 0.0256.